The van der Waals surface area contributed by atoms with Crippen molar-refractivity contribution < 1.29 is 32.5 Å². The molecule has 146 valence electrons. The summed E-state index contributed by atoms with van der Waals surface area (Å²) >= 11 is 0. The molecule has 0 heterocycles. The third-order valence-corrected chi connectivity index (χ3v) is 4.70. The fourth-order valence-electron chi connectivity index (χ4n) is 2.01. The molecule has 1 amide bonds. The zero-order valence-corrected chi connectivity index (χ0v) is 16.3. The Kier molecular flexibility index (Phi) is 10.1. The fourth-order valence-corrected chi connectivity index (χ4v) is 3.22. The van der Waals surface area contributed by atoms with E-state index in [1.165, 1.54) is 6.92 Å². The van der Waals surface area contributed by atoms with Crippen molar-refractivity contribution in [3.8, 4) is 0 Å². The smallest absolute Gasteiger partial charge is 0.462 e. The summed E-state index contributed by atoms with van der Waals surface area (Å²) in [5, 5.41) is 2.59. The second-order valence-electron chi connectivity index (χ2n) is 5.19. The summed E-state index contributed by atoms with van der Waals surface area (Å²) in [5.41, 5.74) is 0.693. The summed E-state index contributed by atoms with van der Waals surface area (Å²) in [6.07, 6.45) is 1.04. The van der Waals surface area contributed by atoms with E-state index in [-0.39, 0.29) is 37.9 Å². The number of unbranched alkanes of at least 4 members (excludes halogenated alkanes) is 1. The molecule has 8 nitrogen and oxygen atoms in total. The van der Waals surface area contributed by atoms with E-state index in [0.717, 1.165) is 0 Å². The van der Waals surface area contributed by atoms with Gasteiger partial charge in [-0.3, -0.25) is 18.4 Å². The molecule has 26 heavy (non-hydrogen) atoms. The summed E-state index contributed by atoms with van der Waals surface area (Å²) < 4.78 is 32.5. The third kappa shape index (κ3) is 8.10. The van der Waals surface area contributed by atoms with E-state index in [1.807, 2.05) is 0 Å². The number of ether oxygens (including phenoxy) is 1. The van der Waals surface area contributed by atoms with Crippen LogP contribution in [0.1, 0.15) is 44.0 Å². The molecule has 0 saturated carbocycles. The third-order valence-electron chi connectivity index (χ3n) is 3.05. The quantitative estimate of drug-likeness (QED) is 0.331. The van der Waals surface area contributed by atoms with Gasteiger partial charge in [0.1, 0.15) is 0 Å². The molecule has 1 aromatic rings. The molecule has 0 aliphatic carbocycles. The highest BCUT2D eigenvalue weighted by Gasteiger charge is 2.24. The Morgan fingerprint density at radius 2 is 1.62 bits per heavy atom. The summed E-state index contributed by atoms with van der Waals surface area (Å²) in [6, 6.07) is 6.62. The van der Waals surface area contributed by atoms with Gasteiger partial charge in [0.25, 0.3) is 0 Å². The SMILES string of the molecule is CCOP(=O)(OCC)OCCCCOC(=O)c1ccccc1NC(C)=O. The Labute approximate surface area is 153 Å². The largest absolute Gasteiger partial charge is 0.474 e. The van der Waals surface area contributed by atoms with Gasteiger partial charge in [-0.15, -0.1) is 0 Å². The number of anilines is 1. The lowest BCUT2D eigenvalue weighted by Crippen LogP contribution is -2.13. The second kappa shape index (κ2) is 11.8. The molecule has 0 aromatic heterocycles. The van der Waals surface area contributed by atoms with Crippen molar-refractivity contribution >= 4 is 25.4 Å². The lowest BCUT2D eigenvalue weighted by atomic mass is 10.2. The van der Waals surface area contributed by atoms with Crippen molar-refractivity contribution in [3.63, 3.8) is 0 Å². The molecule has 0 unspecified atom stereocenters. The molecule has 0 aliphatic heterocycles. The Morgan fingerprint density at radius 3 is 2.23 bits per heavy atom. The first-order chi connectivity index (χ1) is 12.4. The first-order valence-electron chi connectivity index (χ1n) is 8.49. The number of para-hydroxylation sites is 1. The number of amides is 1. The monoisotopic (exact) mass is 387 g/mol. The topological polar surface area (TPSA) is 100 Å². The van der Waals surface area contributed by atoms with E-state index >= 15 is 0 Å². The Balaban J connectivity index is 2.37. The van der Waals surface area contributed by atoms with Crippen LogP contribution in [-0.2, 0) is 27.7 Å². The van der Waals surface area contributed by atoms with Gasteiger partial charge in [0, 0.05) is 6.92 Å². The van der Waals surface area contributed by atoms with Crippen LogP contribution >= 0.6 is 7.82 Å². The summed E-state index contributed by atoms with van der Waals surface area (Å²) in [6.45, 7) is 5.55. The molecule has 0 spiro atoms. The molecular formula is C17H26NO7P. The van der Waals surface area contributed by atoms with Gasteiger partial charge in [-0.05, 0) is 38.8 Å². The molecule has 1 N–H and O–H groups in total. The normalized spacial score (nSPS) is 11.2. The molecule has 9 heteroatoms. The molecule has 0 atom stereocenters. The van der Waals surface area contributed by atoms with Gasteiger partial charge >= 0.3 is 13.8 Å². The van der Waals surface area contributed by atoms with E-state index in [9.17, 15) is 14.2 Å². The number of esters is 1. The fraction of sp³-hybridized carbons (Fsp3) is 0.529. The van der Waals surface area contributed by atoms with Crippen LogP contribution in [0, 0.1) is 0 Å². The maximum Gasteiger partial charge on any atom is 0.474 e. The van der Waals surface area contributed by atoms with E-state index in [0.29, 0.717) is 18.5 Å². The first-order valence-corrected chi connectivity index (χ1v) is 9.95. The molecule has 1 aromatic carbocycles. The van der Waals surface area contributed by atoms with Crippen molar-refractivity contribution in [1.29, 1.82) is 0 Å². The Hall–Kier alpha value is -1.73. The van der Waals surface area contributed by atoms with Crippen LogP contribution in [0.5, 0.6) is 0 Å². The van der Waals surface area contributed by atoms with Crippen LogP contribution in [-0.4, -0.2) is 38.3 Å². The number of carbonyl (C=O) groups is 2. The highest BCUT2D eigenvalue weighted by molar-refractivity contribution is 7.48. The highest BCUT2D eigenvalue weighted by Crippen LogP contribution is 2.49. The summed E-state index contributed by atoms with van der Waals surface area (Å²) in [4.78, 5) is 23.3. The highest BCUT2D eigenvalue weighted by atomic mass is 31.2. The van der Waals surface area contributed by atoms with Crippen LogP contribution in [0.25, 0.3) is 0 Å². The number of nitrogens with one attached hydrogen (secondary N) is 1. The van der Waals surface area contributed by atoms with Crippen LogP contribution in [0.3, 0.4) is 0 Å². The van der Waals surface area contributed by atoms with Gasteiger partial charge in [-0.1, -0.05) is 12.1 Å². The van der Waals surface area contributed by atoms with Crippen LogP contribution in [0.4, 0.5) is 5.69 Å². The Bertz CT molecular complexity index is 625. The Morgan fingerprint density at radius 1 is 1.00 bits per heavy atom. The number of rotatable bonds is 12. The maximum atomic E-state index is 12.1. The van der Waals surface area contributed by atoms with Crippen molar-refractivity contribution in [3.05, 3.63) is 29.8 Å². The average Bonchev–Trinajstić information content (AvgIpc) is 2.58. The minimum Gasteiger partial charge on any atom is -0.462 e. The van der Waals surface area contributed by atoms with Crippen LogP contribution in [0.2, 0.25) is 0 Å². The zero-order valence-electron chi connectivity index (χ0n) is 15.4. The number of carbonyl (C=O) groups excluding carboxylic acids is 2. The molecular weight excluding hydrogens is 361 g/mol. The number of hydrogen-bond donors (Lipinski definition) is 1. The number of hydrogen-bond acceptors (Lipinski definition) is 7. The molecule has 0 bridgehead atoms. The van der Waals surface area contributed by atoms with Crippen molar-refractivity contribution in [1.82, 2.24) is 0 Å². The number of benzene rings is 1. The van der Waals surface area contributed by atoms with E-state index in [2.05, 4.69) is 5.32 Å². The van der Waals surface area contributed by atoms with Crippen molar-refractivity contribution in [2.45, 2.75) is 33.6 Å². The minimum atomic E-state index is -3.50. The molecule has 0 aliphatic rings. The van der Waals surface area contributed by atoms with Gasteiger partial charge < -0.3 is 10.1 Å². The van der Waals surface area contributed by atoms with Gasteiger partial charge in [-0.2, -0.15) is 0 Å². The van der Waals surface area contributed by atoms with Gasteiger partial charge in [-0.25, -0.2) is 9.36 Å². The van der Waals surface area contributed by atoms with Gasteiger partial charge in [0.05, 0.1) is 37.7 Å². The lowest BCUT2D eigenvalue weighted by Gasteiger charge is -2.16. The number of phosphoric ester groups is 1. The molecule has 0 saturated heterocycles. The van der Waals surface area contributed by atoms with Crippen molar-refractivity contribution in [2.24, 2.45) is 0 Å². The molecule has 0 fully saturated rings. The minimum absolute atomic E-state index is 0.164. The summed E-state index contributed by atoms with van der Waals surface area (Å²) in [7, 11) is -3.50. The van der Waals surface area contributed by atoms with Gasteiger partial charge in [0.15, 0.2) is 0 Å². The average molecular weight is 387 g/mol. The number of phosphoric acid groups is 1. The molecule has 1 rings (SSSR count). The summed E-state index contributed by atoms with van der Waals surface area (Å²) in [5.74, 6) is -0.792. The lowest BCUT2D eigenvalue weighted by molar-refractivity contribution is -0.114. The van der Waals surface area contributed by atoms with E-state index in [1.54, 1.807) is 38.1 Å². The van der Waals surface area contributed by atoms with Crippen LogP contribution in [0.15, 0.2) is 24.3 Å². The maximum absolute atomic E-state index is 12.1. The standard InChI is InChI=1S/C17H26NO7P/c1-4-23-26(21,24-5-2)25-13-9-8-12-22-17(20)15-10-6-7-11-16(15)18-14(3)19/h6-7,10-11H,4-5,8-9,12-13H2,1-3H3,(H,18,19). The van der Waals surface area contributed by atoms with E-state index < -0.39 is 13.8 Å². The first kappa shape index (κ1) is 22.3. The van der Waals surface area contributed by atoms with E-state index in [4.69, 9.17) is 18.3 Å². The van der Waals surface area contributed by atoms with Gasteiger partial charge in [0.2, 0.25) is 5.91 Å². The predicted molar refractivity (Wildman–Crippen MR) is 97.1 cm³/mol. The van der Waals surface area contributed by atoms with Crippen molar-refractivity contribution in [2.75, 3.05) is 31.7 Å². The molecule has 0 radical (unpaired) electrons. The van der Waals surface area contributed by atoms with Crippen LogP contribution < -0.4 is 5.32 Å². The predicted octanol–water partition coefficient (Wildman–Crippen LogP) is 3.78. The zero-order chi connectivity index (χ0) is 19.4. The second-order valence-corrected chi connectivity index (χ2v) is 6.85.